The van der Waals surface area contributed by atoms with E-state index in [9.17, 15) is 9.59 Å². The highest BCUT2D eigenvalue weighted by Gasteiger charge is 2.19. The van der Waals surface area contributed by atoms with E-state index in [1.165, 1.54) is 6.08 Å². The normalized spacial score (nSPS) is 17.7. The van der Waals surface area contributed by atoms with Crippen molar-refractivity contribution in [3.8, 4) is 0 Å². The van der Waals surface area contributed by atoms with E-state index in [-0.39, 0.29) is 11.8 Å². The summed E-state index contributed by atoms with van der Waals surface area (Å²) >= 11 is 3.75. The summed E-state index contributed by atoms with van der Waals surface area (Å²) in [5.41, 5.74) is 0. The SMILES string of the molecule is O=C1C=C(SS)C(=O)N1. The van der Waals surface area contributed by atoms with Crippen LogP contribution >= 0.6 is 22.5 Å². The molecule has 1 rings (SSSR count). The zero-order valence-corrected chi connectivity index (χ0v) is 5.96. The number of carbonyl (C=O) groups is 2. The Bertz CT molecular complexity index is 199. The maximum atomic E-state index is 10.5. The fourth-order valence-electron chi connectivity index (χ4n) is 0.462. The molecule has 3 nitrogen and oxygen atoms in total. The van der Waals surface area contributed by atoms with Crippen LogP contribution < -0.4 is 5.32 Å². The standard InChI is InChI=1S/C4H3NO2S2/c6-3-1-2(9-8)4(7)5-3/h1,8H,(H,5,6,7). The third-order valence-electron chi connectivity index (χ3n) is 0.821. The van der Waals surface area contributed by atoms with Crippen LogP contribution in [-0.2, 0) is 9.59 Å². The third kappa shape index (κ3) is 1.28. The number of imide groups is 1. The molecule has 0 radical (unpaired) electrons. The van der Waals surface area contributed by atoms with Crippen LogP contribution in [0, 0.1) is 0 Å². The fraction of sp³-hybridized carbons (Fsp3) is 0. The second kappa shape index (κ2) is 2.45. The minimum atomic E-state index is -0.364. The summed E-state index contributed by atoms with van der Waals surface area (Å²) in [7, 11) is 0.967. The van der Waals surface area contributed by atoms with E-state index in [0.717, 1.165) is 10.8 Å². The lowest BCUT2D eigenvalue weighted by molar-refractivity contribution is -0.123. The highest BCUT2D eigenvalue weighted by molar-refractivity contribution is 8.70. The Balaban J connectivity index is 2.80. The van der Waals surface area contributed by atoms with Crippen LogP contribution in [0.5, 0.6) is 0 Å². The molecular formula is C4H3NO2S2. The number of thiol groups is 1. The molecule has 0 atom stereocenters. The Morgan fingerprint density at radius 1 is 1.56 bits per heavy atom. The first-order valence-electron chi connectivity index (χ1n) is 2.12. The topological polar surface area (TPSA) is 46.2 Å². The molecule has 0 bridgehead atoms. The van der Waals surface area contributed by atoms with Gasteiger partial charge in [0, 0.05) is 6.08 Å². The predicted molar refractivity (Wildman–Crippen MR) is 37.8 cm³/mol. The zero-order chi connectivity index (χ0) is 6.85. The van der Waals surface area contributed by atoms with Gasteiger partial charge < -0.3 is 0 Å². The lowest BCUT2D eigenvalue weighted by atomic mass is 10.6. The molecule has 1 N–H and O–H groups in total. The van der Waals surface area contributed by atoms with E-state index in [0.29, 0.717) is 4.91 Å². The van der Waals surface area contributed by atoms with Gasteiger partial charge in [-0.2, -0.15) is 0 Å². The number of carbonyl (C=O) groups excluding carboxylic acids is 2. The van der Waals surface area contributed by atoms with Crippen LogP contribution in [-0.4, -0.2) is 11.8 Å². The summed E-state index contributed by atoms with van der Waals surface area (Å²) in [6.07, 6.45) is 1.22. The quantitative estimate of drug-likeness (QED) is 0.326. The average molecular weight is 161 g/mol. The maximum absolute atomic E-state index is 10.5. The molecule has 9 heavy (non-hydrogen) atoms. The van der Waals surface area contributed by atoms with Gasteiger partial charge in [0.15, 0.2) is 0 Å². The maximum Gasteiger partial charge on any atom is 0.265 e. The van der Waals surface area contributed by atoms with E-state index < -0.39 is 0 Å². The van der Waals surface area contributed by atoms with Crippen LogP contribution in [0.15, 0.2) is 11.0 Å². The minimum absolute atomic E-state index is 0.350. The lowest BCUT2D eigenvalue weighted by Crippen LogP contribution is -2.21. The molecule has 0 saturated carbocycles. The van der Waals surface area contributed by atoms with Crippen molar-refractivity contribution in [2.24, 2.45) is 0 Å². The van der Waals surface area contributed by atoms with Gasteiger partial charge in [0.1, 0.15) is 0 Å². The predicted octanol–water partition coefficient (Wildman–Crippen LogP) is 0.105. The fourth-order valence-corrected chi connectivity index (χ4v) is 1.16. The lowest BCUT2D eigenvalue weighted by Gasteiger charge is -1.87. The van der Waals surface area contributed by atoms with Gasteiger partial charge in [-0.1, -0.05) is 10.8 Å². The van der Waals surface area contributed by atoms with Crippen molar-refractivity contribution in [1.82, 2.24) is 5.32 Å². The van der Waals surface area contributed by atoms with Crippen LogP contribution in [0.4, 0.5) is 0 Å². The smallest absolute Gasteiger partial charge is 0.265 e. The molecule has 0 aromatic rings. The first-order chi connectivity index (χ1) is 4.24. The molecule has 1 aliphatic heterocycles. The van der Waals surface area contributed by atoms with Crippen LogP contribution in [0.3, 0.4) is 0 Å². The van der Waals surface area contributed by atoms with Crippen molar-refractivity contribution in [1.29, 1.82) is 0 Å². The number of rotatable bonds is 1. The summed E-state index contributed by atoms with van der Waals surface area (Å²) in [6.45, 7) is 0. The summed E-state index contributed by atoms with van der Waals surface area (Å²) < 4.78 is 0. The Morgan fingerprint density at radius 2 is 2.22 bits per heavy atom. The summed E-state index contributed by atoms with van der Waals surface area (Å²) in [4.78, 5) is 21.3. The molecule has 0 aliphatic carbocycles. The Morgan fingerprint density at radius 3 is 2.44 bits per heavy atom. The number of nitrogens with one attached hydrogen (secondary N) is 1. The van der Waals surface area contributed by atoms with Crippen molar-refractivity contribution < 1.29 is 9.59 Å². The zero-order valence-electron chi connectivity index (χ0n) is 4.25. The Labute approximate surface area is 60.7 Å². The first-order valence-corrected chi connectivity index (χ1v) is 3.99. The van der Waals surface area contributed by atoms with Crippen molar-refractivity contribution in [3.63, 3.8) is 0 Å². The van der Waals surface area contributed by atoms with Crippen molar-refractivity contribution in [2.75, 3.05) is 0 Å². The van der Waals surface area contributed by atoms with Crippen LogP contribution in [0.25, 0.3) is 0 Å². The van der Waals surface area contributed by atoms with Gasteiger partial charge in [0.2, 0.25) is 0 Å². The number of hydrogen-bond acceptors (Lipinski definition) is 4. The number of hydrogen-bond donors (Lipinski definition) is 2. The second-order valence-corrected chi connectivity index (χ2v) is 2.59. The van der Waals surface area contributed by atoms with Gasteiger partial charge in [-0.15, -0.1) is 11.7 Å². The van der Waals surface area contributed by atoms with Crippen LogP contribution in [0.1, 0.15) is 0 Å². The van der Waals surface area contributed by atoms with Gasteiger partial charge in [0.05, 0.1) is 4.91 Å². The first kappa shape index (κ1) is 6.70. The summed E-state index contributed by atoms with van der Waals surface area (Å²) in [6, 6.07) is 0. The minimum Gasteiger partial charge on any atom is -0.288 e. The van der Waals surface area contributed by atoms with Crippen molar-refractivity contribution >= 4 is 34.3 Å². The largest absolute Gasteiger partial charge is 0.288 e. The average Bonchev–Trinajstić information content (AvgIpc) is 2.10. The third-order valence-corrected chi connectivity index (χ3v) is 1.91. The van der Waals surface area contributed by atoms with Crippen molar-refractivity contribution in [3.05, 3.63) is 11.0 Å². The molecule has 0 unspecified atom stereocenters. The molecule has 0 saturated heterocycles. The van der Waals surface area contributed by atoms with E-state index in [4.69, 9.17) is 0 Å². The molecule has 1 aliphatic rings. The molecule has 0 aromatic heterocycles. The molecule has 1 heterocycles. The Hall–Kier alpha value is -0.420. The Kier molecular flexibility index (Phi) is 1.82. The molecule has 48 valence electrons. The summed E-state index contributed by atoms with van der Waals surface area (Å²) in [5.74, 6) is -0.725. The summed E-state index contributed by atoms with van der Waals surface area (Å²) in [5, 5.41) is 2.08. The van der Waals surface area contributed by atoms with Gasteiger partial charge >= 0.3 is 0 Å². The second-order valence-electron chi connectivity index (χ2n) is 1.42. The molecule has 2 amide bonds. The molecule has 0 aromatic carbocycles. The molecular weight excluding hydrogens is 158 g/mol. The molecule has 5 heteroatoms. The van der Waals surface area contributed by atoms with E-state index in [1.54, 1.807) is 0 Å². The monoisotopic (exact) mass is 161 g/mol. The van der Waals surface area contributed by atoms with Gasteiger partial charge in [-0.05, 0) is 0 Å². The van der Waals surface area contributed by atoms with E-state index in [1.807, 2.05) is 0 Å². The van der Waals surface area contributed by atoms with Crippen LogP contribution in [0.2, 0.25) is 0 Å². The van der Waals surface area contributed by atoms with Gasteiger partial charge in [0.25, 0.3) is 11.8 Å². The molecule has 0 spiro atoms. The van der Waals surface area contributed by atoms with E-state index in [2.05, 4.69) is 17.0 Å². The number of amides is 2. The highest BCUT2D eigenvalue weighted by Crippen LogP contribution is 2.21. The van der Waals surface area contributed by atoms with Crippen molar-refractivity contribution in [2.45, 2.75) is 0 Å². The van der Waals surface area contributed by atoms with Gasteiger partial charge in [-0.3, -0.25) is 14.9 Å². The highest BCUT2D eigenvalue weighted by atomic mass is 33.1. The molecule has 0 fully saturated rings. The van der Waals surface area contributed by atoms with Gasteiger partial charge in [-0.25, -0.2) is 0 Å². The van der Waals surface area contributed by atoms with E-state index >= 15 is 0 Å².